The smallest absolute Gasteiger partial charge is 0.255 e. The number of anilines is 1. The number of hydrogen-bond acceptors (Lipinski definition) is 5. The summed E-state index contributed by atoms with van der Waals surface area (Å²) >= 11 is 5.99. The van der Waals surface area contributed by atoms with E-state index in [1.807, 2.05) is 6.92 Å². The minimum atomic E-state index is -0.283. The lowest BCUT2D eigenvalue weighted by atomic mass is 10.1. The quantitative estimate of drug-likeness (QED) is 0.425. The number of nitrogens with zero attached hydrogens (tertiary/aromatic N) is 1. The van der Waals surface area contributed by atoms with Crippen molar-refractivity contribution in [3.63, 3.8) is 0 Å². The predicted octanol–water partition coefficient (Wildman–Crippen LogP) is 5.50. The van der Waals surface area contributed by atoms with Gasteiger partial charge in [-0.2, -0.15) is 0 Å². The van der Waals surface area contributed by atoms with Crippen LogP contribution in [0.1, 0.15) is 17.3 Å². The van der Waals surface area contributed by atoms with Crippen LogP contribution in [-0.4, -0.2) is 22.6 Å². The van der Waals surface area contributed by atoms with E-state index in [0.29, 0.717) is 45.3 Å². The van der Waals surface area contributed by atoms with E-state index in [1.165, 1.54) is 6.07 Å². The van der Waals surface area contributed by atoms with Crippen molar-refractivity contribution in [2.75, 3.05) is 11.9 Å². The van der Waals surface area contributed by atoms with Crippen LogP contribution >= 0.6 is 11.6 Å². The Morgan fingerprint density at radius 1 is 1.14 bits per heavy atom. The molecule has 4 rings (SSSR count). The first-order valence-corrected chi connectivity index (χ1v) is 9.35. The number of aromatic hydroxyl groups is 1. The number of phenols is 1. The normalized spacial score (nSPS) is 10.8. The van der Waals surface area contributed by atoms with Gasteiger partial charge >= 0.3 is 0 Å². The maximum absolute atomic E-state index is 12.5. The summed E-state index contributed by atoms with van der Waals surface area (Å²) in [5.41, 5.74) is 2.47. The maximum Gasteiger partial charge on any atom is 0.255 e. The number of ether oxygens (including phenoxy) is 1. The fourth-order valence-corrected chi connectivity index (χ4v) is 3.04. The van der Waals surface area contributed by atoms with E-state index in [4.69, 9.17) is 20.8 Å². The van der Waals surface area contributed by atoms with Crippen molar-refractivity contribution in [1.82, 2.24) is 4.98 Å². The summed E-state index contributed by atoms with van der Waals surface area (Å²) < 4.78 is 11.1. The molecule has 0 fully saturated rings. The second kappa shape index (κ2) is 7.85. The predicted molar refractivity (Wildman–Crippen MR) is 112 cm³/mol. The Morgan fingerprint density at radius 3 is 2.69 bits per heavy atom. The zero-order chi connectivity index (χ0) is 20.4. The van der Waals surface area contributed by atoms with Crippen LogP contribution in [-0.2, 0) is 0 Å². The molecule has 2 N–H and O–H groups in total. The molecule has 29 heavy (non-hydrogen) atoms. The Labute approximate surface area is 171 Å². The van der Waals surface area contributed by atoms with Gasteiger partial charge in [-0.05, 0) is 67.6 Å². The van der Waals surface area contributed by atoms with Crippen molar-refractivity contribution in [2.45, 2.75) is 6.92 Å². The second-order valence-corrected chi connectivity index (χ2v) is 6.71. The largest absolute Gasteiger partial charge is 0.507 e. The molecule has 0 bridgehead atoms. The summed E-state index contributed by atoms with van der Waals surface area (Å²) in [4.78, 5) is 16.9. The number of halogens is 1. The highest BCUT2D eigenvalue weighted by Crippen LogP contribution is 2.34. The summed E-state index contributed by atoms with van der Waals surface area (Å²) in [7, 11) is 0. The van der Waals surface area contributed by atoms with Crippen LogP contribution in [0.15, 0.2) is 65.1 Å². The van der Waals surface area contributed by atoms with Gasteiger partial charge in [0.25, 0.3) is 5.91 Å². The molecule has 6 nitrogen and oxygen atoms in total. The number of nitrogens with one attached hydrogen (secondary N) is 1. The molecule has 0 saturated heterocycles. The lowest BCUT2D eigenvalue weighted by Crippen LogP contribution is -2.11. The summed E-state index contributed by atoms with van der Waals surface area (Å²) in [5.74, 6) is 0.639. The first kappa shape index (κ1) is 18.8. The SMILES string of the molecule is CCOc1ccc(C(=O)Nc2ccc(O)c(-c3nc4cc(Cl)ccc4o3)c2)cc1. The number of oxazole rings is 1. The molecule has 1 amide bonds. The van der Waals surface area contributed by atoms with Gasteiger partial charge in [0.2, 0.25) is 5.89 Å². The Balaban J connectivity index is 1.59. The topological polar surface area (TPSA) is 84.6 Å². The minimum absolute atomic E-state index is 0.0123. The lowest BCUT2D eigenvalue weighted by Gasteiger charge is -2.08. The number of carbonyl (C=O) groups excluding carboxylic acids is 1. The molecule has 0 aliphatic carbocycles. The highest BCUT2D eigenvalue weighted by atomic mass is 35.5. The second-order valence-electron chi connectivity index (χ2n) is 6.27. The first-order chi connectivity index (χ1) is 14.0. The van der Waals surface area contributed by atoms with E-state index in [1.54, 1.807) is 54.6 Å². The van der Waals surface area contributed by atoms with Crippen molar-refractivity contribution >= 4 is 34.3 Å². The number of aromatic nitrogens is 1. The van der Waals surface area contributed by atoms with Gasteiger partial charge in [-0.15, -0.1) is 0 Å². The number of benzene rings is 3. The molecule has 146 valence electrons. The molecule has 0 radical (unpaired) electrons. The number of rotatable bonds is 5. The van der Waals surface area contributed by atoms with Crippen LogP contribution < -0.4 is 10.1 Å². The molecule has 0 spiro atoms. The zero-order valence-corrected chi connectivity index (χ0v) is 16.2. The van der Waals surface area contributed by atoms with Gasteiger partial charge < -0.3 is 19.6 Å². The van der Waals surface area contributed by atoms with Crippen molar-refractivity contribution in [1.29, 1.82) is 0 Å². The van der Waals surface area contributed by atoms with Gasteiger partial charge in [0.05, 0.1) is 12.2 Å². The summed E-state index contributed by atoms with van der Waals surface area (Å²) in [5, 5.41) is 13.6. The van der Waals surface area contributed by atoms with Gasteiger partial charge in [-0.25, -0.2) is 4.98 Å². The third-order valence-corrected chi connectivity index (χ3v) is 4.50. The van der Waals surface area contributed by atoms with E-state index in [0.717, 1.165) is 0 Å². The van der Waals surface area contributed by atoms with Gasteiger partial charge in [0.15, 0.2) is 5.58 Å². The Hall–Kier alpha value is -3.51. The number of phenolic OH excluding ortho intramolecular Hbond substituents is 1. The molecule has 1 aromatic heterocycles. The van der Waals surface area contributed by atoms with Crippen LogP contribution in [0, 0.1) is 0 Å². The molecular weight excluding hydrogens is 392 g/mol. The third-order valence-electron chi connectivity index (χ3n) is 4.26. The molecule has 7 heteroatoms. The van der Waals surface area contributed by atoms with E-state index >= 15 is 0 Å². The van der Waals surface area contributed by atoms with Crippen molar-refractivity contribution in [3.8, 4) is 23.0 Å². The average molecular weight is 409 g/mol. The number of hydrogen-bond donors (Lipinski definition) is 2. The van der Waals surface area contributed by atoms with Gasteiger partial charge in [-0.3, -0.25) is 4.79 Å². The molecule has 0 aliphatic rings. The average Bonchev–Trinajstić information content (AvgIpc) is 3.13. The summed E-state index contributed by atoms with van der Waals surface area (Å²) in [6.45, 7) is 2.46. The molecule has 4 aromatic rings. The van der Waals surface area contributed by atoms with Crippen LogP contribution in [0.25, 0.3) is 22.6 Å². The van der Waals surface area contributed by atoms with Crippen molar-refractivity contribution in [2.24, 2.45) is 0 Å². The molecule has 0 unspecified atom stereocenters. The fourth-order valence-electron chi connectivity index (χ4n) is 2.87. The maximum atomic E-state index is 12.5. The van der Waals surface area contributed by atoms with Crippen molar-refractivity contribution < 1.29 is 19.1 Å². The van der Waals surface area contributed by atoms with E-state index in [9.17, 15) is 9.90 Å². The Kier molecular flexibility index (Phi) is 5.10. The molecule has 1 heterocycles. The standard InChI is InChI=1S/C22H17ClN2O4/c1-2-28-16-7-3-13(4-8-16)21(27)24-15-6-9-19(26)17(12-15)22-25-18-11-14(23)5-10-20(18)29-22/h3-12,26H,2H2,1H3,(H,24,27). The monoisotopic (exact) mass is 408 g/mol. The molecule has 0 aliphatic heterocycles. The number of carbonyl (C=O) groups is 1. The van der Waals surface area contributed by atoms with Gasteiger partial charge in [0.1, 0.15) is 17.0 Å². The molecule has 0 saturated carbocycles. The molecule has 3 aromatic carbocycles. The first-order valence-electron chi connectivity index (χ1n) is 8.97. The summed E-state index contributed by atoms with van der Waals surface area (Å²) in [6.07, 6.45) is 0. The van der Waals surface area contributed by atoms with E-state index in [-0.39, 0.29) is 17.5 Å². The van der Waals surface area contributed by atoms with E-state index < -0.39 is 0 Å². The highest BCUT2D eigenvalue weighted by Gasteiger charge is 2.15. The Bertz CT molecular complexity index is 1190. The fraction of sp³-hybridized carbons (Fsp3) is 0.0909. The molecule has 0 atom stereocenters. The minimum Gasteiger partial charge on any atom is -0.507 e. The lowest BCUT2D eigenvalue weighted by molar-refractivity contribution is 0.102. The van der Waals surface area contributed by atoms with Crippen LogP contribution in [0.2, 0.25) is 5.02 Å². The van der Waals surface area contributed by atoms with Crippen LogP contribution in [0.5, 0.6) is 11.5 Å². The van der Waals surface area contributed by atoms with Crippen LogP contribution in [0.4, 0.5) is 5.69 Å². The summed E-state index contributed by atoms with van der Waals surface area (Å²) in [6, 6.07) is 16.6. The third kappa shape index (κ3) is 4.02. The van der Waals surface area contributed by atoms with Gasteiger partial charge in [-0.1, -0.05) is 11.6 Å². The van der Waals surface area contributed by atoms with Crippen molar-refractivity contribution in [3.05, 3.63) is 71.2 Å². The molecular formula is C22H17ClN2O4. The number of amides is 1. The van der Waals surface area contributed by atoms with Gasteiger partial charge in [0, 0.05) is 16.3 Å². The number of fused-ring (bicyclic) bond motifs is 1. The Morgan fingerprint density at radius 2 is 1.93 bits per heavy atom. The highest BCUT2D eigenvalue weighted by molar-refractivity contribution is 6.31. The van der Waals surface area contributed by atoms with Crippen LogP contribution in [0.3, 0.4) is 0 Å². The zero-order valence-electron chi connectivity index (χ0n) is 15.5. The van der Waals surface area contributed by atoms with E-state index in [2.05, 4.69) is 10.3 Å².